The van der Waals surface area contributed by atoms with Crippen LogP contribution in [0.25, 0.3) is 22.6 Å². The highest BCUT2D eigenvalue weighted by molar-refractivity contribution is 5.92. The fourth-order valence-electron chi connectivity index (χ4n) is 3.89. The summed E-state index contributed by atoms with van der Waals surface area (Å²) in [6.07, 6.45) is 1.08. The second kappa shape index (κ2) is 10.1. The lowest BCUT2D eigenvalue weighted by molar-refractivity contribution is -0.118. The first-order chi connectivity index (χ1) is 16.3. The quantitative estimate of drug-likeness (QED) is 0.299. The molecule has 0 spiro atoms. The number of ether oxygens (including phenoxy) is 1. The van der Waals surface area contributed by atoms with Crippen molar-refractivity contribution in [3.05, 3.63) is 77.4 Å². The predicted molar refractivity (Wildman–Crippen MR) is 138 cm³/mol. The molecule has 176 valence electrons. The van der Waals surface area contributed by atoms with Crippen molar-refractivity contribution in [3.8, 4) is 17.2 Å². The number of carbonyl (C=O) groups excluding carboxylic acids is 1. The zero-order chi connectivity index (χ0) is 24.2. The smallest absolute Gasteiger partial charge is 0.262 e. The van der Waals surface area contributed by atoms with E-state index in [1.165, 1.54) is 5.56 Å². The summed E-state index contributed by atoms with van der Waals surface area (Å²) in [5.74, 6) is 1.92. The molecule has 4 aromatic rings. The number of benzene rings is 3. The normalized spacial score (nSPS) is 12.2. The van der Waals surface area contributed by atoms with Crippen molar-refractivity contribution in [2.75, 3.05) is 11.9 Å². The van der Waals surface area contributed by atoms with E-state index in [1.54, 1.807) is 0 Å². The maximum Gasteiger partial charge on any atom is 0.262 e. The van der Waals surface area contributed by atoms with Crippen LogP contribution in [0.3, 0.4) is 0 Å². The molecule has 0 bridgehead atoms. The number of aryl methyl sites for hydroxylation is 1. The maximum atomic E-state index is 12.5. The first-order valence-corrected chi connectivity index (χ1v) is 11.9. The molecule has 34 heavy (non-hydrogen) atoms. The molecule has 0 saturated carbocycles. The number of anilines is 1. The Bertz CT molecular complexity index is 1290. The van der Waals surface area contributed by atoms with Gasteiger partial charge in [-0.15, -0.1) is 0 Å². The molecule has 1 atom stereocenters. The van der Waals surface area contributed by atoms with E-state index in [4.69, 9.17) is 9.15 Å². The lowest BCUT2D eigenvalue weighted by atomic mass is 9.98. The Morgan fingerprint density at radius 1 is 1.03 bits per heavy atom. The number of nitrogens with zero attached hydrogens (tertiary/aromatic N) is 1. The second-order valence-electron chi connectivity index (χ2n) is 9.17. The molecule has 0 unspecified atom stereocenters. The molecular weight excluding hydrogens is 424 g/mol. The van der Waals surface area contributed by atoms with E-state index in [-0.39, 0.29) is 12.5 Å². The number of fused-ring (bicyclic) bond motifs is 1. The predicted octanol–water partition coefficient (Wildman–Crippen LogP) is 7.46. The Hall–Kier alpha value is -3.60. The van der Waals surface area contributed by atoms with Crippen LogP contribution >= 0.6 is 0 Å². The van der Waals surface area contributed by atoms with E-state index in [9.17, 15) is 4.79 Å². The monoisotopic (exact) mass is 456 g/mol. The fraction of sp³-hybridized carbons (Fsp3) is 0.310. The van der Waals surface area contributed by atoms with Crippen LogP contribution in [0.2, 0.25) is 0 Å². The lowest BCUT2D eigenvalue weighted by Crippen LogP contribution is -2.20. The van der Waals surface area contributed by atoms with E-state index < -0.39 is 0 Å². The molecule has 1 heterocycles. The number of hydrogen-bond donors (Lipinski definition) is 1. The number of hydrogen-bond acceptors (Lipinski definition) is 4. The summed E-state index contributed by atoms with van der Waals surface area (Å²) < 4.78 is 11.8. The summed E-state index contributed by atoms with van der Waals surface area (Å²) in [6, 6.07) is 19.8. The number of carbonyl (C=O) groups is 1. The highest BCUT2D eigenvalue weighted by Crippen LogP contribution is 2.29. The zero-order valence-corrected chi connectivity index (χ0v) is 20.5. The number of amides is 1. The molecule has 4 rings (SSSR count). The van der Waals surface area contributed by atoms with E-state index >= 15 is 0 Å². The van der Waals surface area contributed by atoms with Crippen LogP contribution in [0, 0.1) is 6.92 Å². The summed E-state index contributed by atoms with van der Waals surface area (Å²) in [5.41, 5.74) is 6.65. The van der Waals surface area contributed by atoms with Gasteiger partial charge in [-0.25, -0.2) is 4.98 Å². The van der Waals surface area contributed by atoms with Crippen LogP contribution in [0.4, 0.5) is 5.69 Å². The third kappa shape index (κ3) is 5.30. The van der Waals surface area contributed by atoms with Crippen molar-refractivity contribution >= 4 is 22.7 Å². The summed E-state index contributed by atoms with van der Waals surface area (Å²) in [7, 11) is 0. The van der Waals surface area contributed by atoms with Crippen molar-refractivity contribution < 1.29 is 13.9 Å². The third-order valence-corrected chi connectivity index (χ3v) is 6.16. The largest absolute Gasteiger partial charge is 0.483 e. The van der Waals surface area contributed by atoms with Crippen LogP contribution in [0.5, 0.6) is 5.75 Å². The van der Waals surface area contributed by atoms with Gasteiger partial charge in [0.15, 0.2) is 12.2 Å². The van der Waals surface area contributed by atoms with Crippen LogP contribution in [0.15, 0.2) is 65.1 Å². The molecule has 0 fully saturated rings. The van der Waals surface area contributed by atoms with Gasteiger partial charge >= 0.3 is 0 Å². The average Bonchev–Trinajstić information content (AvgIpc) is 3.26. The summed E-state index contributed by atoms with van der Waals surface area (Å²) in [6.45, 7) is 10.6. The Morgan fingerprint density at radius 2 is 1.79 bits per heavy atom. The van der Waals surface area contributed by atoms with E-state index in [1.807, 2.05) is 43.3 Å². The highest BCUT2D eigenvalue weighted by Gasteiger charge is 2.13. The topological polar surface area (TPSA) is 64.4 Å². The van der Waals surface area contributed by atoms with Crippen LogP contribution in [-0.4, -0.2) is 17.5 Å². The van der Waals surface area contributed by atoms with E-state index in [0.717, 1.165) is 40.0 Å². The lowest BCUT2D eigenvalue weighted by Gasteiger charge is -2.15. The number of oxazole rings is 1. The van der Waals surface area contributed by atoms with Gasteiger partial charge in [-0.2, -0.15) is 0 Å². The van der Waals surface area contributed by atoms with Gasteiger partial charge < -0.3 is 14.5 Å². The molecule has 0 aliphatic heterocycles. The molecule has 1 N–H and O–H groups in total. The van der Waals surface area contributed by atoms with Gasteiger partial charge in [0.1, 0.15) is 11.3 Å². The van der Waals surface area contributed by atoms with Crippen LogP contribution < -0.4 is 10.1 Å². The molecule has 0 radical (unpaired) electrons. The van der Waals surface area contributed by atoms with Gasteiger partial charge in [0, 0.05) is 11.3 Å². The minimum Gasteiger partial charge on any atom is -0.483 e. The summed E-state index contributed by atoms with van der Waals surface area (Å²) >= 11 is 0. The zero-order valence-electron chi connectivity index (χ0n) is 20.5. The van der Waals surface area contributed by atoms with E-state index in [2.05, 4.69) is 62.3 Å². The van der Waals surface area contributed by atoms with Gasteiger partial charge in [0.25, 0.3) is 5.91 Å². The second-order valence-corrected chi connectivity index (χ2v) is 9.17. The Balaban J connectivity index is 1.41. The molecule has 5 heteroatoms. The number of nitrogens with one attached hydrogen (secondary N) is 1. The van der Waals surface area contributed by atoms with Gasteiger partial charge in [0.2, 0.25) is 5.89 Å². The molecule has 0 aliphatic carbocycles. The molecule has 0 saturated heterocycles. The van der Waals surface area contributed by atoms with Crippen molar-refractivity contribution in [1.29, 1.82) is 0 Å². The maximum absolute atomic E-state index is 12.5. The first-order valence-electron chi connectivity index (χ1n) is 11.9. The average molecular weight is 457 g/mol. The van der Waals surface area contributed by atoms with Crippen LogP contribution in [-0.2, 0) is 4.79 Å². The van der Waals surface area contributed by atoms with Crippen molar-refractivity contribution in [1.82, 2.24) is 4.98 Å². The van der Waals surface area contributed by atoms with Gasteiger partial charge in [-0.05, 0) is 84.3 Å². The standard InChI is InChI=1S/C29H32N2O3/c1-6-20(5)22-10-14-26-25(16-22)31-29(34-26)21-8-11-23(12-9-21)30-28(32)17-33-27-15-19(4)7-13-24(27)18(2)3/h7-16,18,20H,6,17H2,1-5H3,(H,30,32)/t20-/m1/s1. The van der Waals surface area contributed by atoms with E-state index in [0.29, 0.717) is 23.4 Å². The molecule has 5 nitrogen and oxygen atoms in total. The molecular formula is C29H32N2O3. The molecule has 1 aromatic heterocycles. The van der Waals surface area contributed by atoms with Gasteiger partial charge in [-0.1, -0.05) is 45.9 Å². The van der Waals surface area contributed by atoms with Gasteiger partial charge in [0.05, 0.1) is 0 Å². The summed E-state index contributed by atoms with van der Waals surface area (Å²) in [5, 5.41) is 2.89. The molecule has 1 amide bonds. The number of aromatic nitrogens is 1. The minimum atomic E-state index is -0.205. The highest BCUT2D eigenvalue weighted by atomic mass is 16.5. The van der Waals surface area contributed by atoms with Crippen LogP contribution in [0.1, 0.15) is 62.6 Å². The Labute approximate surface area is 201 Å². The first kappa shape index (κ1) is 23.6. The fourth-order valence-corrected chi connectivity index (χ4v) is 3.89. The van der Waals surface area contributed by atoms with Gasteiger partial charge in [-0.3, -0.25) is 4.79 Å². The molecule has 0 aliphatic rings. The SMILES string of the molecule is CC[C@@H](C)c1ccc2oc(-c3ccc(NC(=O)COc4cc(C)ccc4C(C)C)cc3)nc2c1. The minimum absolute atomic E-state index is 0.0471. The Kier molecular flexibility index (Phi) is 7.01. The molecule has 3 aromatic carbocycles. The Morgan fingerprint density at radius 3 is 2.50 bits per heavy atom. The van der Waals surface area contributed by atoms with Crippen molar-refractivity contribution in [3.63, 3.8) is 0 Å². The summed E-state index contributed by atoms with van der Waals surface area (Å²) in [4.78, 5) is 17.1. The third-order valence-electron chi connectivity index (χ3n) is 6.16. The van der Waals surface area contributed by atoms with Crippen molar-refractivity contribution in [2.24, 2.45) is 0 Å². The number of rotatable bonds is 8. The van der Waals surface area contributed by atoms with Crippen molar-refractivity contribution in [2.45, 2.75) is 52.9 Å².